The van der Waals surface area contributed by atoms with Gasteiger partial charge in [-0.05, 0) is 64.2 Å². The number of fused-ring (bicyclic) bond motifs is 3. The van der Waals surface area contributed by atoms with Crippen LogP contribution >= 0.6 is 0 Å². The van der Waals surface area contributed by atoms with Crippen LogP contribution in [0.15, 0.2) is 47.7 Å². The van der Waals surface area contributed by atoms with Crippen LogP contribution in [0.1, 0.15) is 57.7 Å². The lowest BCUT2D eigenvalue weighted by molar-refractivity contribution is -0.132. The Labute approximate surface area is 187 Å². The second-order valence-electron chi connectivity index (χ2n) is 10.0. The lowest BCUT2D eigenvalue weighted by atomic mass is 9.97. The highest BCUT2D eigenvalue weighted by molar-refractivity contribution is 6.06. The lowest BCUT2D eigenvalue weighted by Gasteiger charge is -2.27. The number of nitrogens with zero attached hydrogens (tertiary/aromatic N) is 2. The van der Waals surface area contributed by atoms with Crippen molar-refractivity contribution in [2.75, 3.05) is 0 Å². The Hall–Kier alpha value is -3.09. The van der Waals surface area contributed by atoms with E-state index in [9.17, 15) is 14.4 Å². The molecule has 7 nitrogen and oxygen atoms in total. The summed E-state index contributed by atoms with van der Waals surface area (Å²) in [5, 5.41) is 0. The van der Waals surface area contributed by atoms with Crippen molar-refractivity contribution in [3.05, 3.63) is 58.9 Å². The van der Waals surface area contributed by atoms with E-state index < -0.39 is 29.9 Å². The van der Waals surface area contributed by atoms with Crippen LogP contribution in [-0.2, 0) is 25.5 Å². The van der Waals surface area contributed by atoms with E-state index in [0.717, 1.165) is 24.0 Å². The third-order valence-electron chi connectivity index (χ3n) is 6.44. The van der Waals surface area contributed by atoms with E-state index in [1.54, 1.807) is 38.7 Å². The number of rotatable bonds is 3. The van der Waals surface area contributed by atoms with Gasteiger partial charge in [0.05, 0.1) is 17.9 Å². The number of amides is 3. The van der Waals surface area contributed by atoms with Gasteiger partial charge in [0.2, 0.25) is 0 Å². The molecule has 32 heavy (non-hydrogen) atoms. The smallest absolute Gasteiger partial charge is 0.417 e. The summed E-state index contributed by atoms with van der Waals surface area (Å²) in [5.41, 5.74) is 2.45. The summed E-state index contributed by atoms with van der Waals surface area (Å²) in [7, 11) is 0. The van der Waals surface area contributed by atoms with Gasteiger partial charge in [-0.25, -0.2) is 9.69 Å². The summed E-state index contributed by atoms with van der Waals surface area (Å²) in [5.74, 6) is -0.620. The minimum absolute atomic E-state index is 0.0184. The molecule has 2 aliphatic carbocycles. The van der Waals surface area contributed by atoms with Gasteiger partial charge in [-0.15, -0.1) is 0 Å². The Morgan fingerprint density at radius 3 is 2.53 bits per heavy atom. The van der Waals surface area contributed by atoms with E-state index in [0.29, 0.717) is 17.6 Å². The molecule has 1 saturated heterocycles. The van der Waals surface area contributed by atoms with Crippen molar-refractivity contribution in [3.63, 3.8) is 0 Å². The third kappa shape index (κ3) is 3.40. The molecule has 0 N–H and O–H groups in total. The Morgan fingerprint density at radius 2 is 1.84 bits per heavy atom. The van der Waals surface area contributed by atoms with Crippen molar-refractivity contribution in [2.24, 2.45) is 5.92 Å². The summed E-state index contributed by atoms with van der Waals surface area (Å²) in [6, 6.07) is 7.66. The third-order valence-corrected chi connectivity index (χ3v) is 6.44. The molecule has 0 bridgehead atoms. The number of likely N-dealkylation sites (tertiary alicyclic amines) is 1. The Kier molecular flexibility index (Phi) is 4.69. The number of imide groups is 1. The molecule has 7 heteroatoms. The Balaban J connectivity index is 1.46. The van der Waals surface area contributed by atoms with Crippen molar-refractivity contribution < 1.29 is 23.9 Å². The van der Waals surface area contributed by atoms with Gasteiger partial charge < -0.3 is 9.47 Å². The molecule has 168 valence electrons. The van der Waals surface area contributed by atoms with Crippen LogP contribution in [0.4, 0.5) is 4.79 Å². The van der Waals surface area contributed by atoms with Gasteiger partial charge in [0, 0.05) is 17.5 Å². The Morgan fingerprint density at radius 1 is 1.12 bits per heavy atom. The summed E-state index contributed by atoms with van der Waals surface area (Å²) in [6.07, 6.45) is 4.68. The van der Waals surface area contributed by atoms with E-state index in [4.69, 9.17) is 9.47 Å². The molecular weight excluding hydrogens is 408 g/mol. The van der Waals surface area contributed by atoms with Crippen LogP contribution in [0.2, 0.25) is 0 Å². The fourth-order valence-corrected chi connectivity index (χ4v) is 4.90. The first-order valence-corrected chi connectivity index (χ1v) is 11.2. The van der Waals surface area contributed by atoms with E-state index in [-0.39, 0.29) is 17.9 Å². The second-order valence-corrected chi connectivity index (χ2v) is 10.0. The molecule has 0 aromatic heterocycles. The predicted molar refractivity (Wildman–Crippen MR) is 116 cm³/mol. The molecular formula is C25H28N2O5. The van der Waals surface area contributed by atoms with Gasteiger partial charge >= 0.3 is 6.09 Å². The van der Waals surface area contributed by atoms with Crippen molar-refractivity contribution >= 4 is 17.9 Å². The van der Waals surface area contributed by atoms with E-state index in [2.05, 4.69) is 0 Å². The van der Waals surface area contributed by atoms with Crippen LogP contribution < -0.4 is 0 Å². The summed E-state index contributed by atoms with van der Waals surface area (Å²) in [4.78, 5) is 41.9. The van der Waals surface area contributed by atoms with Gasteiger partial charge in [0.15, 0.2) is 6.23 Å². The highest BCUT2D eigenvalue weighted by Gasteiger charge is 2.53. The lowest BCUT2D eigenvalue weighted by Crippen LogP contribution is -2.39. The second kappa shape index (κ2) is 7.22. The van der Waals surface area contributed by atoms with Crippen LogP contribution in [0, 0.1) is 5.92 Å². The van der Waals surface area contributed by atoms with Crippen LogP contribution in [0.5, 0.6) is 0 Å². The largest absolute Gasteiger partial charge is 0.474 e. The minimum atomic E-state index is -0.717. The zero-order valence-corrected chi connectivity index (χ0v) is 18.8. The molecule has 2 heterocycles. The molecule has 1 aromatic rings. The quantitative estimate of drug-likeness (QED) is 0.531. The first kappa shape index (κ1) is 20.8. The molecule has 1 saturated carbocycles. The molecule has 2 aliphatic heterocycles. The fourth-order valence-electron chi connectivity index (χ4n) is 4.90. The number of ether oxygens (including phenoxy) is 2. The molecule has 0 spiro atoms. The average molecular weight is 437 g/mol. The predicted octanol–water partition coefficient (Wildman–Crippen LogP) is 3.85. The number of carbonyl (C=O) groups excluding carboxylic acids is 3. The molecule has 3 unspecified atom stereocenters. The number of hydrogen-bond donors (Lipinski definition) is 0. The van der Waals surface area contributed by atoms with Crippen molar-refractivity contribution in [3.8, 4) is 0 Å². The maximum absolute atomic E-state index is 13.4. The number of benzene rings is 1. The highest BCUT2D eigenvalue weighted by atomic mass is 16.6. The van der Waals surface area contributed by atoms with Crippen LogP contribution in [0.25, 0.3) is 0 Å². The summed E-state index contributed by atoms with van der Waals surface area (Å²) < 4.78 is 11.6. The summed E-state index contributed by atoms with van der Waals surface area (Å²) >= 11 is 0. The molecule has 3 atom stereocenters. The molecule has 2 fully saturated rings. The van der Waals surface area contributed by atoms with E-state index in [1.165, 1.54) is 11.2 Å². The highest BCUT2D eigenvalue weighted by Crippen LogP contribution is 2.50. The number of hydrogen-bond acceptors (Lipinski definition) is 5. The standard InChI is InChI=1S/C25H28N2O5/c1-14-11-20(26(22(14)28)16-9-10-16)31-13-19-18-12-15-7-5-6-8-17(15)21(18)27(23(19)29)24(30)32-25(2,3)4/h5-8,11,13,16,18,20-21H,9-10,12H2,1-4H3. The fraction of sp³-hybridized carbons (Fsp3) is 0.480. The van der Waals surface area contributed by atoms with Crippen molar-refractivity contribution in [2.45, 2.75) is 70.9 Å². The van der Waals surface area contributed by atoms with Gasteiger partial charge in [-0.2, -0.15) is 0 Å². The molecule has 5 rings (SSSR count). The van der Waals surface area contributed by atoms with Crippen molar-refractivity contribution in [1.82, 2.24) is 9.80 Å². The van der Waals surface area contributed by atoms with E-state index >= 15 is 0 Å². The number of carbonyl (C=O) groups is 3. The SMILES string of the molecule is CC1=CC(OC=C2C(=O)N(C(=O)OC(C)(C)C)C3c4ccccc4CC23)N(C2CC2)C1=O. The summed E-state index contributed by atoms with van der Waals surface area (Å²) in [6.45, 7) is 7.12. The normalized spacial score (nSPS) is 28.2. The van der Waals surface area contributed by atoms with Crippen LogP contribution in [0.3, 0.4) is 0 Å². The molecule has 1 aromatic carbocycles. The van der Waals surface area contributed by atoms with Gasteiger partial charge in [0.1, 0.15) is 5.60 Å². The maximum Gasteiger partial charge on any atom is 0.417 e. The zero-order chi connectivity index (χ0) is 22.8. The average Bonchev–Trinajstić information content (AvgIpc) is 3.34. The Bertz CT molecular complexity index is 1060. The molecule has 0 radical (unpaired) electrons. The van der Waals surface area contributed by atoms with Gasteiger partial charge in [-0.1, -0.05) is 24.3 Å². The first-order valence-electron chi connectivity index (χ1n) is 11.2. The van der Waals surface area contributed by atoms with Crippen LogP contribution in [-0.4, -0.2) is 45.6 Å². The first-order chi connectivity index (χ1) is 15.2. The minimum Gasteiger partial charge on any atom is -0.474 e. The monoisotopic (exact) mass is 436 g/mol. The van der Waals surface area contributed by atoms with Gasteiger partial charge in [-0.3, -0.25) is 14.5 Å². The molecule has 3 amide bonds. The zero-order valence-electron chi connectivity index (χ0n) is 18.8. The van der Waals surface area contributed by atoms with Gasteiger partial charge in [0.25, 0.3) is 11.8 Å². The van der Waals surface area contributed by atoms with E-state index in [1.807, 2.05) is 24.3 Å². The van der Waals surface area contributed by atoms with Crippen molar-refractivity contribution in [1.29, 1.82) is 0 Å². The topological polar surface area (TPSA) is 76.2 Å². The maximum atomic E-state index is 13.4. The molecule has 4 aliphatic rings.